The Morgan fingerprint density at radius 1 is 1.16 bits per heavy atom. The molecule has 1 aromatic heterocycles. The van der Waals surface area contributed by atoms with Gasteiger partial charge >= 0.3 is 0 Å². The van der Waals surface area contributed by atoms with Gasteiger partial charge < -0.3 is 15.4 Å². The molecule has 25 heavy (non-hydrogen) atoms. The fourth-order valence-corrected chi connectivity index (χ4v) is 3.44. The van der Waals surface area contributed by atoms with Crippen LogP contribution in [0.4, 0.5) is 5.82 Å². The third kappa shape index (κ3) is 5.93. The lowest BCUT2D eigenvalue weighted by Crippen LogP contribution is -2.41. The maximum atomic E-state index is 12.3. The molecule has 1 saturated heterocycles. The minimum atomic E-state index is -0.139. The smallest absolute Gasteiger partial charge is 0.270 e. The molecular weight excluding hydrogens is 318 g/mol. The highest BCUT2D eigenvalue weighted by atomic mass is 16.5. The Bertz CT molecular complexity index is 540. The van der Waals surface area contributed by atoms with Crippen molar-refractivity contribution in [2.75, 3.05) is 44.7 Å². The largest absolute Gasteiger partial charge is 0.379 e. The summed E-state index contributed by atoms with van der Waals surface area (Å²) in [6.45, 7) is 4.87. The number of hydrogen-bond acceptors (Lipinski definition) is 6. The Balaban J connectivity index is 1.47. The van der Waals surface area contributed by atoms with E-state index in [4.69, 9.17) is 4.74 Å². The van der Waals surface area contributed by atoms with Gasteiger partial charge in [-0.1, -0.05) is 25.7 Å². The van der Waals surface area contributed by atoms with E-state index >= 15 is 0 Å². The van der Waals surface area contributed by atoms with Crippen LogP contribution in [0.15, 0.2) is 12.4 Å². The average Bonchev–Trinajstić information content (AvgIpc) is 2.91. The summed E-state index contributed by atoms with van der Waals surface area (Å²) in [5, 5.41) is 6.42. The first-order chi connectivity index (χ1) is 12.3. The molecule has 2 aliphatic rings. The van der Waals surface area contributed by atoms with E-state index in [9.17, 15) is 4.79 Å². The molecule has 0 atom stereocenters. The number of aromatic nitrogens is 2. The van der Waals surface area contributed by atoms with Gasteiger partial charge in [-0.2, -0.15) is 0 Å². The number of morpholine rings is 1. The SMILES string of the molecule is O=C(NCCN1CCOCC1)c1cc(NC2CCCCCC2)ncn1. The van der Waals surface area contributed by atoms with Crippen molar-refractivity contribution in [1.29, 1.82) is 0 Å². The number of rotatable bonds is 6. The summed E-state index contributed by atoms with van der Waals surface area (Å²) in [4.78, 5) is 23.0. The molecule has 1 saturated carbocycles. The molecule has 0 unspecified atom stereocenters. The minimum Gasteiger partial charge on any atom is -0.379 e. The second-order valence-corrected chi connectivity index (χ2v) is 6.83. The lowest BCUT2D eigenvalue weighted by Gasteiger charge is -2.26. The molecule has 0 aromatic carbocycles. The zero-order chi connectivity index (χ0) is 17.3. The molecule has 2 heterocycles. The van der Waals surface area contributed by atoms with Gasteiger partial charge in [0.15, 0.2) is 0 Å². The van der Waals surface area contributed by atoms with Crippen LogP contribution in [-0.4, -0.2) is 66.2 Å². The first-order valence-corrected chi connectivity index (χ1v) is 9.48. The van der Waals surface area contributed by atoms with Crippen molar-refractivity contribution >= 4 is 11.7 Å². The predicted octanol–water partition coefficient (Wildman–Crippen LogP) is 1.67. The van der Waals surface area contributed by atoms with Crippen LogP contribution >= 0.6 is 0 Å². The van der Waals surface area contributed by atoms with Crippen LogP contribution in [0.2, 0.25) is 0 Å². The van der Waals surface area contributed by atoms with Crippen LogP contribution in [-0.2, 0) is 4.74 Å². The molecule has 0 radical (unpaired) electrons. The van der Waals surface area contributed by atoms with Crippen LogP contribution in [0.25, 0.3) is 0 Å². The molecule has 1 aliphatic heterocycles. The van der Waals surface area contributed by atoms with Gasteiger partial charge in [0.25, 0.3) is 5.91 Å². The third-order valence-corrected chi connectivity index (χ3v) is 4.92. The van der Waals surface area contributed by atoms with Gasteiger partial charge in [-0.15, -0.1) is 0 Å². The topological polar surface area (TPSA) is 79.4 Å². The van der Waals surface area contributed by atoms with E-state index < -0.39 is 0 Å². The molecule has 2 N–H and O–H groups in total. The number of carbonyl (C=O) groups excluding carboxylic acids is 1. The number of anilines is 1. The molecule has 0 spiro atoms. The second kappa shape index (κ2) is 9.68. The van der Waals surface area contributed by atoms with Gasteiger partial charge in [0.1, 0.15) is 17.8 Å². The standard InChI is InChI=1S/C18H29N5O2/c24-18(19-7-8-23-9-11-25-12-10-23)16-13-17(21-14-20-16)22-15-5-3-1-2-4-6-15/h13-15H,1-12H2,(H,19,24)(H,20,21,22). The monoisotopic (exact) mass is 347 g/mol. The van der Waals surface area contributed by atoms with Gasteiger partial charge in [0.05, 0.1) is 13.2 Å². The highest BCUT2D eigenvalue weighted by molar-refractivity contribution is 5.92. The van der Waals surface area contributed by atoms with Gasteiger partial charge in [0, 0.05) is 38.3 Å². The van der Waals surface area contributed by atoms with Crippen molar-refractivity contribution in [2.45, 2.75) is 44.6 Å². The molecule has 138 valence electrons. The highest BCUT2D eigenvalue weighted by Gasteiger charge is 2.15. The number of nitrogens with zero attached hydrogens (tertiary/aromatic N) is 3. The van der Waals surface area contributed by atoms with E-state index in [2.05, 4.69) is 25.5 Å². The average molecular weight is 347 g/mol. The normalized spacial score (nSPS) is 20.0. The van der Waals surface area contributed by atoms with E-state index in [-0.39, 0.29) is 5.91 Å². The van der Waals surface area contributed by atoms with Crippen LogP contribution in [0.3, 0.4) is 0 Å². The Kier molecular flexibility index (Phi) is 6.99. The first kappa shape index (κ1) is 18.1. The van der Waals surface area contributed by atoms with Crippen molar-refractivity contribution in [3.05, 3.63) is 18.1 Å². The number of ether oxygens (including phenoxy) is 1. The Labute approximate surface area is 149 Å². The van der Waals surface area contributed by atoms with Crippen LogP contribution in [0.5, 0.6) is 0 Å². The third-order valence-electron chi connectivity index (χ3n) is 4.92. The van der Waals surface area contributed by atoms with Gasteiger partial charge in [-0.3, -0.25) is 9.69 Å². The summed E-state index contributed by atoms with van der Waals surface area (Å²) < 4.78 is 5.33. The van der Waals surface area contributed by atoms with E-state index in [1.165, 1.54) is 44.9 Å². The summed E-state index contributed by atoms with van der Waals surface area (Å²) in [6, 6.07) is 2.21. The highest BCUT2D eigenvalue weighted by Crippen LogP contribution is 2.20. The van der Waals surface area contributed by atoms with Crippen LogP contribution < -0.4 is 10.6 Å². The molecule has 0 bridgehead atoms. The molecule has 1 aromatic rings. The number of carbonyl (C=O) groups is 1. The second-order valence-electron chi connectivity index (χ2n) is 6.83. The predicted molar refractivity (Wildman–Crippen MR) is 96.7 cm³/mol. The molecule has 1 amide bonds. The summed E-state index contributed by atoms with van der Waals surface area (Å²) in [5.74, 6) is 0.611. The van der Waals surface area contributed by atoms with Crippen molar-refractivity contribution in [3.8, 4) is 0 Å². The first-order valence-electron chi connectivity index (χ1n) is 9.48. The summed E-state index contributed by atoms with van der Waals surface area (Å²) in [7, 11) is 0. The molecule has 2 fully saturated rings. The van der Waals surface area contributed by atoms with E-state index in [1.54, 1.807) is 6.07 Å². The zero-order valence-corrected chi connectivity index (χ0v) is 14.9. The van der Waals surface area contributed by atoms with E-state index in [0.29, 0.717) is 18.3 Å². The lowest BCUT2D eigenvalue weighted by molar-refractivity contribution is 0.0383. The van der Waals surface area contributed by atoms with Crippen LogP contribution in [0.1, 0.15) is 49.0 Å². The maximum absolute atomic E-state index is 12.3. The van der Waals surface area contributed by atoms with E-state index in [0.717, 1.165) is 38.7 Å². The van der Waals surface area contributed by atoms with Gasteiger partial charge in [-0.25, -0.2) is 9.97 Å². The zero-order valence-electron chi connectivity index (χ0n) is 14.9. The summed E-state index contributed by atoms with van der Waals surface area (Å²) in [5.41, 5.74) is 0.424. The molecule has 1 aliphatic carbocycles. The molecule has 7 heteroatoms. The lowest BCUT2D eigenvalue weighted by atomic mass is 10.1. The quantitative estimate of drug-likeness (QED) is 0.762. The van der Waals surface area contributed by atoms with E-state index in [1.807, 2.05) is 0 Å². The Morgan fingerprint density at radius 3 is 2.68 bits per heavy atom. The Morgan fingerprint density at radius 2 is 1.92 bits per heavy atom. The van der Waals surface area contributed by atoms with Crippen molar-refractivity contribution in [3.63, 3.8) is 0 Å². The van der Waals surface area contributed by atoms with Crippen LogP contribution in [0, 0.1) is 0 Å². The summed E-state index contributed by atoms with van der Waals surface area (Å²) in [6.07, 6.45) is 8.97. The molecule has 3 rings (SSSR count). The van der Waals surface area contributed by atoms with Gasteiger partial charge in [-0.05, 0) is 12.8 Å². The van der Waals surface area contributed by atoms with Gasteiger partial charge in [0.2, 0.25) is 0 Å². The van der Waals surface area contributed by atoms with Crippen molar-refractivity contribution in [2.24, 2.45) is 0 Å². The van der Waals surface area contributed by atoms with Crippen molar-refractivity contribution < 1.29 is 9.53 Å². The number of nitrogens with one attached hydrogen (secondary N) is 2. The molecular formula is C18H29N5O2. The number of amides is 1. The Hall–Kier alpha value is -1.73. The molecule has 7 nitrogen and oxygen atoms in total. The fraction of sp³-hybridized carbons (Fsp3) is 0.722. The van der Waals surface area contributed by atoms with Crippen molar-refractivity contribution in [1.82, 2.24) is 20.2 Å². The fourth-order valence-electron chi connectivity index (χ4n) is 3.44. The number of hydrogen-bond donors (Lipinski definition) is 2. The maximum Gasteiger partial charge on any atom is 0.270 e. The minimum absolute atomic E-state index is 0.139. The summed E-state index contributed by atoms with van der Waals surface area (Å²) >= 11 is 0.